The van der Waals surface area contributed by atoms with Crippen LogP contribution in [0.15, 0.2) is 164 Å². The molecule has 1 atom stereocenters. The number of nitrogens with zero attached hydrogens (tertiary/aromatic N) is 5. The average Bonchev–Trinajstić information content (AvgIpc) is 3.85. The van der Waals surface area contributed by atoms with E-state index in [2.05, 4.69) is 141 Å². The lowest BCUT2D eigenvalue weighted by molar-refractivity contribution is 0.436. The van der Waals surface area contributed by atoms with Crippen LogP contribution in [0.5, 0.6) is 11.5 Å². The summed E-state index contributed by atoms with van der Waals surface area (Å²) in [5.41, 5.74) is 12.1. The Hall–Kier alpha value is -7.49. The molecule has 6 nitrogen and oxygen atoms in total. The third kappa shape index (κ3) is 3.62. The van der Waals surface area contributed by atoms with Gasteiger partial charge in [0.15, 0.2) is 5.69 Å². The van der Waals surface area contributed by atoms with Crippen molar-refractivity contribution in [1.29, 1.82) is 0 Å². The summed E-state index contributed by atoms with van der Waals surface area (Å²) in [7, 11) is 0. The molecule has 0 N–H and O–H groups in total. The second-order valence-corrected chi connectivity index (χ2v) is 14.1. The lowest BCUT2D eigenvalue weighted by Gasteiger charge is -2.39. The molecule has 0 amide bonds. The van der Waals surface area contributed by atoms with Crippen molar-refractivity contribution < 1.29 is 4.74 Å². The Labute approximate surface area is 309 Å². The molecular weight excluding hydrogens is 663 g/mol. The monoisotopic (exact) mass is 689 g/mol. The number of hydrogen-bond donors (Lipinski definition) is 0. The number of pyridine rings is 2. The molecule has 0 bridgehead atoms. The molecule has 54 heavy (non-hydrogen) atoms. The van der Waals surface area contributed by atoms with Gasteiger partial charge in [-0.25, -0.2) is 4.85 Å². The molecule has 0 saturated heterocycles. The van der Waals surface area contributed by atoms with Gasteiger partial charge in [-0.05, 0) is 77.7 Å². The number of fused-ring (bicyclic) bond motifs is 15. The van der Waals surface area contributed by atoms with Gasteiger partial charge >= 0.3 is 0 Å². The van der Waals surface area contributed by atoms with E-state index in [1.165, 1.54) is 10.8 Å². The molecule has 1 aliphatic carbocycles. The highest BCUT2D eigenvalue weighted by Gasteiger charge is 2.52. The van der Waals surface area contributed by atoms with Crippen LogP contribution in [-0.4, -0.2) is 19.1 Å². The minimum atomic E-state index is -0.781. The zero-order chi connectivity index (χ0) is 35.5. The van der Waals surface area contributed by atoms with Gasteiger partial charge in [0.1, 0.15) is 11.5 Å². The third-order valence-corrected chi connectivity index (χ3v) is 11.5. The van der Waals surface area contributed by atoms with Gasteiger partial charge in [-0.15, -0.1) is 0 Å². The van der Waals surface area contributed by atoms with E-state index in [4.69, 9.17) is 21.3 Å². The molecule has 0 fully saturated rings. The molecule has 6 heteroatoms. The number of aromatic nitrogens is 4. The fraction of sp³-hybridized carbons (Fsp3) is 0.0208. The van der Waals surface area contributed by atoms with Gasteiger partial charge in [0, 0.05) is 44.7 Å². The molecule has 0 radical (unpaired) electrons. The van der Waals surface area contributed by atoms with E-state index in [9.17, 15) is 0 Å². The maximum Gasteiger partial charge on any atom is 0.188 e. The third-order valence-electron chi connectivity index (χ3n) is 11.5. The summed E-state index contributed by atoms with van der Waals surface area (Å²) in [5.74, 6) is 1.61. The second kappa shape index (κ2) is 10.5. The second-order valence-electron chi connectivity index (χ2n) is 14.1. The van der Waals surface area contributed by atoms with Gasteiger partial charge in [0.05, 0.1) is 57.3 Å². The minimum absolute atomic E-state index is 0.618. The average molecular weight is 690 g/mol. The van der Waals surface area contributed by atoms with Crippen molar-refractivity contribution in [1.82, 2.24) is 19.1 Å². The molecule has 5 heterocycles. The van der Waals surface area contributed by atoms with E-state index in [1.54, 1.807) is 0 Å². The van der Waals surface area contributed by atoms with Gasteiger partial charge in [0.25, 0.3) is 0 Å². The van der Waals surface area contributed by atoms with E-state index >= 15 is 0 Å². The maximum absolute atomic E-state index is 7.71. The topological polar surface area (TPSA) is 49.2 Å². The first kappa shape index (κ1) is 29.1. The van der Waals surface area contributed by atoms with Crippen molar-refractivity contribution in [2.24, 2.45) is 0 Å². The van der Waals surface area contributed by atoms with Crippen molar-refractivity contribution >= 4 is 49.3 Å². The molecule has 12 rings (SSSR count). The first-order valence-corrected chi connectivity index (χ1v) is 18.0. The van der Waals surface area contributed by atoms with Crippen molar-refractivity contribution in [2.45, 2.75) is 5.41 Å². The van der Waals surface area contributed by atoms with Gasteiger partial charge in [-0.1, -0.05) is 84.9 Å². The Morgan fingerprint density at radius 1 is 0.481 bits per heavy atom. The number of ether oxygens (including phenoxy) is 1. The fourth-order valence-corrected chi connectivity index (χ4v) is 9.35. The highest BCUT2D eigenvalue weighted by Crippen LogP contribution is 2.61. The molecule has 10 aromatic rings. The Bertz CT molecular complexity index is 3240. The van der Waals surface area contributed by atoms with Crippen molar-refractivity contribution in [3.05, 3.63) is 198 Å². The summed E-state index contributed by atoms with van der Waals surface area (Å²) < 4.78 is 11.4. The zero-order valence-electron chi connectivity index (χ0n) is 28.7. The quantitative estimate of drug-likeness (QED) is 0.170. The lowest BCUT2D eigenvalue weighted by atomic mass is 9.66. The first-order chi connectivity index (χ1) is 26.7. The Kier molecular flexibility index (Phi) is 5.68. The van der Waals surface area contributed by atoms with Crippen LogP contribution in [0.1, 0.15) is 22.3 Å². The Morgan fingerprint density at radius 2 is 1.07 bits per heavy atom. The van der Waals surface area contributed by atoms with Gasteiger partial charge in [-0.3, -0.25) is 9.97 Å². The van der Waals surface area contributed by atoms with E-state index in [1.807, 2.05) is 36.7 Å². The zero-order valence-corrected chi connectivity index (χ0v) is 28.7. The van der Waals surface area contributed by atoms with Crippen LogP contribution in [0.2, 0.25) is 0 Å². The van der Waals surface area contributed by atoms with Crippen molar-refractivity contribution in [2.75, 3.05) is 0 Å². The molecule has 1 unspecified atom stereocenters. The van der Waals surface area contributed by atoms with Gasteiger partial charge in [-0.2, -0.15) is 0 Å². The first-order valence-electron chi connectivity index (χ1n) is 18.0. The summed E-state index contributed by atoms with van der Waals surface area (Å²) >= 11 is 0. The van der Waals surface area contributed by atoms with Crippen LogP contribution in [0.4, 0.5) is 5.69 Å². The summed E-state index contributed by atoms with van der Waals surface area (Å²) in [6, 6.07) is 53.1. The summed E-state index contributed by atoms with van der Waals surface area (Å²) in [4.78, 5) is 14.0. The van der Waals surface area contributed by atoms with Gasteiger partial charge < -0.3 is 13.9 Å². The van der Waals surface area contributed by atoms with Crippen LogP contribution < -0.4 is 4.74 Å². The fourth-order valence-electron chi connectivity index (χ4n) is 9.35. The predicted octanol–water partition coefficient (Wildman–Crippen LogP) is 11.7. The highest BCUT2D eigenvalue weighted by atomic mass is 16.5. The molecule has 0 saturated carbocycles. The van der Waals surface area contributed by atoms with Crippen LogP contribution >= 0.6 is 0 Å². The molecule has 6 aromatic carbocycles. The number of benzene rings is 6. The van der Waals surface area contributed by atoms with Crippen LogP contribution in [0, 0.1) is 6.57 Å². The van der Waals surface area contributed by atoms with Crippen LogP contribution in [0.3, 0.4) is 0 Å². The Balaban J connectivity index is 1.19. The van der Waals surface area contributed by atoms with E-state index in [0.717, 1.165) is 89.4 Å². The largest absolute Gasteiger partial charge is 0.457 e. The molecule has 1 spiro atoms. The number of hydrogen-bond acceptors (Lipinski definition) is 3. The smallest absolute Gasteiger partial charge is 0.188 e. The standard InChI is InChI=1S/C48H27N5O/c1-49-29-20-22-43-35(25-29)34-13-4-8-18-42(34)53(43)31-27-39-47(51-28-31)46-37(15-10-24-50-46)48(39)36-14-5-9-19-44(36)54-45-23-21-30(26-38(45)48)52-40-16-6-2-11-32(40)33-12-3-7-17-41(33)52/h2-28H. The SMILES string of the molecule is [C-]#[N+]c1ccc2c(c1)c1ccccc1n2-c1cnc2c(c1)C1(c3ccccc3Oc3ccc(-n4c5ccccc5c5ccccc54)cc31)c1cccnc1-2. The molecule has 250 valence electrons. The number of rotatable bonds is 2. The van der Waals surface area contributed by atoms with Crippen LogP contribution in [0.25, 0.3) is 71.2 Å². The maximum atomic E-state index is 7.71. The van der Waals surface area contributed by atoms with E-state index < -0.39 is 5.41 Å². The van der Waals surface area contributed by atoms with Crippen molar-refractivity contribution in [3.63, 3.8) is 0 Å². The summed E-state index contributed by atoms with van der Waals surface area (Å²) in [6.07, 6.45) is 3.82. The molecule has 1 aliphatic heterocycles. The lowest BCUT2D eigenvalue weighted by Crippen LogP contribution is -2.32. The molecule has 4 aromatic heterocycles. The minimum Gasteiger partial charge on any atom is -0.457 e. The van der Waals surface area contributed by atoms with Gasteiger partial charge in [0.2, 0.25) is 0 Å². The van der Waals surface area contributed by atoms with Crippen molar-refractivity contribution in [3.8, 4) is 34.3 Å². The van der Waals surface area contributed by atoms with E-state index in [-0.39, 0.29) is 0 Å². The summed E-state index contributed by atoms with van der Waals surface area (Å²) in [5, 5.41) is 4.56. The normalized spacial score (nSPS) is 15.2. The van der Waals surface area contributed by atoms with Crippen LogP contribution in [-0.2, 0) is 5.41 Å². The predicted molar refractivity (Wildman–Crippen MR) is 214 cm³/mol. The summed E-state index contributed by atoms with van der Waals surface area (Å²) in [6.45, 7) is 7.71. The van der Waals surface area contributed by atoms with E-state index in [0.29, 0.717) is 5.69 Å². The molecular formula is C48H27N5O. The highest BCUT2D eigenvalue weighted by molar-refractivity contribution is 6.11. The number of para-hydroxylation sites is 4. The molecule has 2 aliphatic rings. The Morgan fingerprint density at radius 3 is 1.83 bits per heavy atom.